The van der Waals surface area contributed by atoms with Crippen molar-refractivity contribution in [2.75, 3.05) is 23.9 Å². The maximum Gasteiger partial charge on any atom is 0.306 e. The quantitative estimate of drug-likeness (QED) is 0.746. The van der Waals surface area contributed by atoms with E-state index in [9.17, 15) is 16.8 Å². The molecule has 0 fully saturated rings. The average molecular weight is 279 g/mol. The third kappa shape index (κ3) is 4.23. The van der Waals surface area contributed by atoms with Gasteiger partial charge in [-0.2, -0.15) is 8.42 Å². The van der Waals surface area contributed by atoms with Gasteiger partial charge in [0.15, 0.2) is 0 Å². The van der Waals surface area contributed by atoms with Crippen molar-refractivity contribution >= 4 is 25.8 Å². The van der Waals surface area contributed by atoms with Gasteiger partial charge in [-0.25, -0.2) is 8.42 Å². The molecule has 0 radical (unpaired) electrons. The van der Waals surface area contributed by atoms with E-state index in [1.807, 2.05) is 0 Å². The molecular formula is C9H13NO5S2. The van der Waals surface area contributed by atoms with Gasteiger partial charge in [0, 0.05) is 7.05 Å². The van der Waals surface area contributed by atoms with Crippen LogP contribution in [0.2, 0.25) is 0 Å². The molecular weight excluding hydrogens is 266 g/mol. The number of sulfonamides is 1. The normalized spacial score (nSPS) is 12.2. The lowest BCUT2D eigenvalue weighted by Crippen LogP contribution is -2.24. The van der Waals surface area contributed by atoms with E-state index in [1.54, 1.807) is 0 Å². The average Bonchev–Trinajstić information content (AvgIpc) is 2.14. The number of rotatable bonds is 4. The lowest BCUT2D eigenvalue weighted by molar-refractivity contribution is 0.493. The summed E-state index contributed by atoms with van der Waals surface area (Å²) in [6.45, 7) is 0. The van der Waals surface area contributed by atoms with E-state index < -0.39 is 20.1 Å². The number of anilines is 1. The van der Waals surface area contributed by atoms with E-state index in [4.69, 9.17) is 0 Å². The Balaban J connectivity index is 2.97. The predicted molar refractivity (Wildman–Crippen MR) is 65.2 cm³/mol. The summed E-state index contributed by atoms with van der Waals surface area (Å²) >= 11 is 0. The van der Waals surface area contributed by atoms with Crippen LogP contribution >= 0.6 is 0 Å². The Hall–Kier alpha value is -1.28. The maximum absolute atomic E-state index is 11.2. The molecule has 96 valence electrons. The number of hydrogen-bond acceptors (Lipinski definition) is 5. The Kier molecular flexibility index (Phi) is 3.68. The van der Waals surface area contributed by atoms with Crippen LogP contribution in [-0.2, 0) is 20.1 Å². The summed E-state index contributed by atoms with van der Waals surface area (Å²) in [6, 6.07) is 5.69. The first-order valence-electron chi connectivity index (χ1n) is 4.53. The van der Waals surface area contributed by atoms with Crippen molar-refractivity contribution in [2.24, 2.45) is 0 Å². The van der Waals surface area contributed by atoms with Crippen molar-refractivity contribution in [3.63, 3.8) is 0 Å². The molecule has 0 aliphatic rings. The van der Waals surface area contributed by atoms with E-state index in [0.717, 1.165) is 16.8 Å². The van der Waals surface area contributed by atoms with Crippen molar-refractivity contribution < 1.29 is 21.0 Å². The van der Waals surface area contributed by atoms with Gasteiger partial charge in [0.25, 0.3) is 0 Å². The summed E-state index contributed by atoms with van der Waals surface area (Å²) in [6.07, 6.45) is 2.01. The van der Waals surface area contributed by atoms with Gasteiger partial charge in [-0.3, -0.25) is 4.31 Å². The van der Waals surface area contributed by atoms with Gasteiger partial charge in [0.1, 0.15) is 5.75 Å². The standard InChI is InChI=1S/C9H13NO5S2/c1-10(16(2,11)12)8-4-6-9(7-5-8)15-17(3,13)14/h4-7H,1-3H3. The van der Waals surface area contributed by atoms with E-state index >= 15 is 0 Å². The van der Waals surface area contributed by atoms with Gasteiger partial charge in [-0.05, 0) is 24.3 Å². The first-order valence-corrected chi connectivity index (χ1v) is 8.19. The van der Waals surface area contributed by atoms with Crippen LogP contribution in [0.4, 0.5) is 5.69 Å². The molecule has 1 rings (SSSR count). The SMILES string of the molecule is CN(c1ccc(OS(C)(=O)=O)cc1)S(C)(=O)=O. The lowest BCUT2D eigenvalue weighted by Gasteiger charge is -2.16. The van der Waals surface area contributed by atoms with Gasteiger partial charge in [0.05, 0.1) is 18.2 Å². The topological polar surface area (TPSA) is 80.8 Å². The minimum atomic E-state index is -3.57. The van der Waals surface area contributed by atoms with Crippen molar-refractivity contribution in [1.29, 1.82) is 0 Å². The Morgan fingerprint density at radius 1 is 1.00 bits per heavy atom. The summed E-state index contributed by atoms with van der Waals surface area (Å²) in [7, 11) is -5.50. The zero-order valence-corrected chi connectivity index (χ0v) is 11.2. The van der Waals surface area contributed by atoms with E-state index in [-0.39, 0.29) is 5.75 Å². The summed E-state index contributed by atoms with van der Waals surface area (Å²) in [5.74, 6) is 0.137. The highest BCUT2D eigenvalue weighted by atomic mass is 32.2. The summed E-state index contributed by atoms with van der Waals surface area (Å²) in [5.41, 5.74) is 0.424. The van der Waals surface area contributed by atoms with Gasteiger partial charge in [-0.15, -0.1) is 0 Å². The molecule has 0 aromatic heterocycles. The Bertz CT molecular complexity index is 589. The minimum Gasteiger partial charge on any atom is -0.383 e. The maximum atomic E-state index is 11.2. The molecule has 0 saturated carbocycles. The highest BCUT2D eigenvalue weighted by molar-refractivity contribution is 7.92. The fraction of sp³-hybridized carbons (Fsp3) is 0.333. The molecule has 0 spiro atoms. The highest BCUT2D eigenvalue weighted by Gasteiger charge is 2.12. The van der Waals surface area contributed by atoms with Crippen LogP contribution in [0.1, 0.15) is 0 Å². The van der Waals surface area contributed by atoms with Crippen molar-refractivity contribution in [3.05, 3.63) is 24.3 Å². The highest BCUT2D eigenvalue weighted by Crippen LogP contribution is 2.20. The van der Waals surface area contributed by atoms with Crippen LogP contribution < -0.4 is 8.49 Å². The zero-order chi connectivity index (χ0) is 13.3. The molecule has 0 aliphatic heterocycles. The molecule has 0 saturated heterocycles. The van der Waals surface area contributed by atoms with Gasteiger partial charge < -0.3 is 4.18 Å². The van der Waals surface area contributed by atoms with E-state index in [1.165, 1.54) is 31.3 Å². The molecule has 0 amide bonds. The van der Waals surface area contributed by atoms with Crippen molar-refractivity contribution in [1.82, 2.24) is 0 Å². The first kappa shape index (κ1) is 13.8. The molecule has 0 N–H and O–H groups in total. The van der Waals surface area contributed by atoms with Crippen LogP contribution in [0.15, 0.2) is 24.3 Å². The van der Waals surface area contributed by atoms with E-state index in [2.05, 4.69) is 4.18 Å². The lowest BCUT2D eigenvalue weighted by atomic mass is 10.3. The fourth-order valence-electron chi connectivity index (χ4n) is 1.08. The van der Waals surface area contributed by atoms with Crippen molar-refractivity contribution in [2.45, 2.75) is 0 Å². The predicted octanol–water partition coefficient (Wildman–Crippen LogP) is 0.421. The molecule has 0 bridgehead atoms. The largest absolute Gasteiger partial charge is 0.383 e. The van der Waals surface area contributed by atoms with Crippen LogP contribution in [-0.4, -0.2) is 36.4 Å². The fourth-order valence-corrected chi connectivity index (χ4v) is 2.04. The van der Waals surface area contributed by atoms with E-state index in [0.29, 0.717) is 5.69 Å². The molecule has 1 aromatic rings. The second-order valence-corrected chi connectivity index (χ2v) is 7.10. The summed E-state index contributed by atoms with van der Waals surface area (Å²) in [5, 5.41) is 0. The van der Waals surface area contributed by atoms with Crippen molar-refractivity contribution in [3.8, 4) is 5.75 Å². The van der Waals surface area contributed by atoms with Gasteiger partial charge in [-0.1, -0.05) is 0 Å². The Morgan fingerprint density at radius 3 is 1.82 bits per heavy atom. The number of nitrogens with zero attached hydrogens (tertiary/aromatic N) is 1. The first-order chi connectivity index (χ1) is 7.59. The molecule has 0 aliphatic carbocycles. The molecule has 6 nitrogen and oxygen atoms in total. The minimum absolute atomic E-state index is 0.137. The third-order valence-corrected chi connectivity index (χ3v) is 3.65. The van der Waals surface area contributed by atoms with Crippen LogP contribution in [0, 0.1) is 0 Å². The Labute approximate surface area is 101 Å². The molecule has 17 heavy (non-hydrogen) atoms. The molecule has 1 aromatic carbocycles. The van der Waals surface area contributed by atoms with Crippen LogP contribution in [0.3, 0.4) is 0 Å². The second kappa shape index (κ2) is 4.53. The van der Waals surface area contributed by atoms with Gasteiger partial charge >= 0.3 is 10.1 Å². The summed E-state index contributed by atoms with van der Waals surface area (Å²) in [4.78, 5) is 0. The monoisotopic (exact) mass is 279 g/mol. The van der Waals surface area contributed by atoms with Crippen LogP contribution in [0.5, 0.6) is 5.75 Å². The molecule has 8 heteroatoms. The zero-order valence-electron chi connectivity index (χ0n) is 9.61. The van der Waals surface area contributed by atoms with Crippen LogP contribution in [0.25, 0.3) is 0 Å². The second-order valence-electron chi connectivity index (χ2n) is 3.51. The Morgan fingerprint density at radius 2 is 1.47 bits per heavy atom. The smallest absolute Gasteiger partial charge is 0.306 e. The number of benzene rings is 1. The number of hydrogen-bond donors (Lipinski definition) is 0. The van der Waals surface area contributed by atoms with Gasteiger partial charge in [0.2, 0.25) is 10.0 Å². The third-order valence-electron chi connectivity index (χ3n) is 1.95. The molecule has 0 heterocycles. The summed E-state index contributed by atoms with van der Waals surface area (Å²) < 4.78 is 49.9. The molecule has 0 atom stereocenters. The molecule has 0 unspecified atom stereocenters.